The highest BCUT2D eigenvalue weighted by Gasteiger charge is 2.31. The lowest BCUT2D eigenvalue weighted by molar-refractivity contribution is -0.274. The first-order valence-corrected chi connectivity index (χ1v) is 8.57. The van der Waals surface area contributed by atoms with Crippen LogP contribution in [-0.4, -0.2) is 27.6 Å². The number of anilines is 1. The first-order valence-electron chi connectivity index (χ1n) is 7.59. The van der Waals surface area contributed by atoms with Gasteiger partial charge in [-0.05, 0) is 31.2 Å². The maximum absolute atomic E-state index is 12.4. The number of rotatable bonds is 3. The van der Waals surface area contributed by atoms with Crippen LogP contribution in [0.25, 0.3) is 0 Å². The zero-order chi connectivity index (χ0) is 18.9. The monoisotopic (exact) mass is 385 g/mol. The van der Waals surface area contributed by atoms with Crippen molar-refractivity contribution >= 4 is 23.4 Å². The Hall–Kier alpha value is -2.49. The molecule has 6 nitrogen and oxygen atoms in total. The van der Waals surface area contributed by atoms with E-state index in [4.69, 9.17) is 0 Å². The number of fused-ring (bicyclic) bond motifs is 1. The average Bonchev–Trinajstić information content (AvgIpc) is 2.58. The summed E-state index contributed by atoms with van der Waals surface area (Å²) in [6.45, 7) is 1.86. The first kappa shape index (κ1) is 18.3. The number of halogens is 3. The van der Waals surface area contributed by atoms with Crippen LogP contribution in [0.1, 0.15) is 5.56 Å². The van der Waals surface area contributed by atoms with Gasteiger partial charge in [-0.15, -0.1) is 13.2 Å². The lowest BCUT2D eigenvalue weighted by Gasteiger charge is -2.24. The van der Waals surface area contributed by atoms with Crippen LogP contribution < -0.4 is 15.6 Å². The Labute approximate surface area is 150 Å². The molecule has 138 valence electrons. The molecule has 2 heterocycles. The number of alkyl halides is 3. The number of carbonyl (C=O) groups excluding carboxylic acids is 1. The molecule has 1 aliphatic rings. The molecule has 1 aromatic carbocycles. The number of aryl methyl sites for hydroxylation is 1. The molecule has 0 saturated heterocycles. The molecule has 26 heavy (non-hydrogen) atoms. The van der Waals surface area contributed by atoms with Crippen LogP contribution in [0.3, 0.4) is 0 Å². The van der Waals surface area contributed by atoms with Crippen LogP contribution in [-0.2, 0) is 11.3 Å². The Kier molecular flexibility index (Phi) is 4.94. The summed E-state index contributed by atoms with van der Waals surface area (Å²) in [4.78, 5) is 28.8. The third-order valence-corrected chi connectivity index (χ3v) is 4.88. The Morgan fingerprint density at radius 2 is 2.04 bits per heavy atom. The predicted octanol–water partition coefficient (Wildman–Crippen LogP) is 2.81. The summed E-state index contributed by atoms with van der Waals surface area (Å²) in [5.74, 6) is -0.692. The minimum atomic E-state index is -4.77. The van der Waals surface area contributed by atoms with E-state index in [0.29, 0.717) is 22.2 Å². The minimum absolute atomic E-state index is 0.186. The van der Waals surface area contributed by atoms with Gasteiger partial charge in [-0.3, -0.25) is 14.2 Å². The standard InChI is InChI=1S/C16H14F3N3O3S/c1-9-6-20-15-22(14(9)24)7-10(8-26-15)13(23)21-11-2-4-12(5-3-11)25-16(17,18)19/h2-6,10H,7-8H2,1H3,(H,21,23)/t10-/m1/s1. The number of hydrogen-bond acceptors (Lipinski definition) is 5. The molecule has 0 radical (unpaired) electrons. The number of aromatic nitrogens is 2. The van der Waals surface area contributed by atoms with Crippen molar-refractivity contribution in [2.24, 2.45) is 5.92 Å². The minimum Gasteiger partial charge on any atom is -0.406 e. The number of nitrogens with zero attached hydrogens (tertiary/aromatic N) is 2. The summed E-state index contributed by atoms with van der Waals surface area (Å²) < 4.78 is 41.7. The third kappa shape index (κ3) is 4.18. The van der Waals surface area contributed by atoms with Gasteiger partial charge in [0.15, 0.2) is 5.16 Å². The van der Waals surface area contributed by atoms with Crippen molar-refractivity contribution in [3.8, 4) is 5.75 Å². The molecule has 1 aliphatic heterocycles. The molecule has 1 atom stereocenters. The van der Waals surface area contributed by atoms with Gasteiger partial charge in [0.2, 0.25) is 5.91 Å². The van der Waals surface area contributed by atoms with E-state index in [1.54, 1.807) is 6.92 Å². The highest BCUT2D eigenvalue weighted by Crippen LogP contribution is 2.27. The van der Waals surface area contributed by atoms with Crippen LogP contribution in [0.4, 0.5) is 18.9 Å². The quantitative estimate of drug-likeness (QED) is 0.823. The maximum atomic E-state index is 12.4. The molecule has 2 aromatic rings. The van der Waals surface area contributed by atoms with E-state index in [1.807, 2.05) is 0 Å². The van der Waals surface area contributed by atoms with Gasteiger partial charge in [0.05, 0.1) is 5.92 Å². The van der Waals surface area contributed by atoms with Crippen molar-refractivity contribution in [3.05, 3.63) is 46.4 Å². The number of benzene rings is 1. The van der Waals surface area contributed by atoms with Gasteiger partial charge in [0.1, 0.15) is 5.75 Å². The summed E-state index contributed by atoms with van der Waals surface area (Å²) >= 11 is 1.31. The van der Waals surface area contributed by atoms with Gasteiger partial charge in [-0.2, -0.15) is 0 Å². The molecular formula is C16H14F3N3O3S. The molecule has 0 saturated carbocycles. The van der Waals surface area contributed by atoms with E-state index in [-0.39, 0.29) is 23.8 Å². The van der Waals surface area contributed by atoms with E-state index in [1.165, 1.54) is 34.7 Å². The zero-order valence-electron chi connectivity index (χ0n) is 13.5. The molecule has 0 unspecified atom stereocenters. The third-order valence-electron chi connectivity index (χ3n) is 3.72. The van der Waals surface area contributed by atoms with Gasteiger partial charge in [0.25, 0.3) is 5.56 Å². The van der Waals surface area contributed by atoms with Crippen LogP contribution in [0.15, 0.2) is 40.4 Å². The van der Waals surface area contributed by atoms with Crippen LogP contribution in [0.5, 0.6) is 5.75 Å². The van der Waals surface area contributed by atoms with Crippen LogP contribution in [0, 0.1) is 12.8 Å². The molecule has 0 spiro atoms. The first-order chi connectivity index (χ1) is 12.2. The number of ether oxygens (including phenoxy) is 1. The fourth-order valence-electron chi connectivity index (χ4n) is 2.44. The number of amides is 1. The number of carbonyl (C=O) groups is 1. The van der Waals surface area contributed by atoms with Crippen molar-refractivity contribution in [1.82, 2.24) is 9.55 Å². The summed E-state index contributed by atoms with van der Waals surface area (Å²) in [6.07, 6.45) is -3.26. The fraction of sp³-hybridized carbons (Fsp3) is 0.312. The topological polar surface area (TPSA) is 73.2 Å². The Morgan fingerprint density at radius 3 is 2.69 bits per heavy atom. The van der Waals surface area contributed by atoms with Crippen molar-refractivity contribution in [2.45, 2.75) is 25.0 Å². The summed E-state index contributed by atoms with van der Waals surface area (Å²) in [7, 11) is 0. The van der Waals surface area contributed by atoms with Gasteiger partial charge in [0, 0.05) is 29.7 Å². The van der Waals surface area contributed by atoms with Gasteiger partial charge < -0.3 is 10.1 Å². The molecule has 0 fully saturated rings. The fourth-order valence-corrected chi connectivity index (χ4v) is 3.49. The second kappa shape index (κ2) is 7.02. The SMILES string of the molecule is Cc1cnc2n(c1=O)C[C@@H](C(=O)Nc1ccc(OC(F)(F)F)cc1)CS2. The molecule has 0 bridgehead atoms. The van der Waals surface area contributed by atoms with E-state index < -0.39 is 12.3 Å². The lowest BCUT2D eigenvalue weighted by atomic mass is 10.1. The van der Waals surface area contributed by atoms with Crippen molar-refractivity contribution in [1.29, 1.82) is 0 Å². The normalized spacial score (nSPS) is 16.7. The molecule has 0 aliphatic carbocycles. The number of hydrogen-bond donors (Lipinski definition) is 1. The van der Waals surface area contributed by atoms with Crippen molar-refractivity contribution in [2.75, 3.05) is 11.1 Å². The largest absolute Gasteiger partial charge is 0.573 e. The second-order valence-electron chi connectivity index (χ2n) is 5.71. The molecule has 1 aromatic heterocycles. The number of thioether (sulfide) groups is 1. The molecule has 3 rings (SSSR count). The van der Waals surface area contributed by atoms with Gasteiger partial charge in [-0.25, -0.2) is 4.98 Å². The summed E-state index contributed by atoms with van der Waals surface area (Å²) in [5.41, 5.74) is 0.652. The van der Waals surface area contributed by atoms with Gasteiger partial charge in [-0.1, -0.05) is 11.8 Å². The summed E-state index contributed by atoms with van der Waals surface area (Å²) in [6, 6.07) is 4.87. The Bertz CT molecular complexity index is 881. The molecular weight excluding hydrogens is 371 g/mol. The summed E-state index contributed by atoms with van der Waals surface area (Å²) in [5, 5.41) is 3.21. The second-order valence-corrected chi connectivity index (χ2v) is 6.70. The van der Waals surface area contributed by atoms with Crippen molar-refractivity contribution in [3.63, 3.8) is 0 Å². The van der Waals surface area contributed by atoms with E-state index in [0.717, 1.165) is 12.1 Å². The Balaban J connectivity index is 1.67. The number of nitrogens with one attached hydrogen (secondary N) is 1. The van der Waals surface area contributed by atoms with Crippen molar-refractivity contribution < 1.29 is 22.7 Å². The average molecular weight is 385 g/mol. The highest BCUT2D eigenvalue weighted by molar-refractivity contribution is 7.99. The lowest BCUT2D eigenvalue weighted by Crippen LogP contribution is -2.37. The van der Waals surface area contributed by atoms with Crippen LogP contribution >= 0.6 is 11.8 Å². The highest BCUT2D eigenvalue weighted by atomic mass is 32.2. The maximum Gasteiger partial charge on any atom is 0.573 e. The Morgan fingerprint density at radius 1 is 1.35 bits per heavy atom. The van der Waals surface area contributed by atoms with Crippen LogP contribution in [0.2, 0.25) is 0 Å². The molecule has 1 amide bonds. The molecule has 10 heteroatoms. The predicted molar refractivity (Wildman–Crippen MR) is 89.2 cm³/mol. The zero-order valence-corrected chi connectivity index (χ0v) is 14.4. The molecule has 1 N–H and O–H groups in total. The smallest absolute Gasteiger partial charge is 0.406 e. The van der Waals surface area contributed by atoms with E-state index >= 15 is 0 Å². The van der Waals surface area contributed by atoms with E-state index in [9.17, 15) is 22.8 Å². The van der Waals surface area contributed by atoms with E-state index in [2.05, 4.69) is 15.0 Å². The van der Waals surface area contributed by atoms with Gasteiger partial charge >= 0.3 is 6.36 Å².